The van der Waals surface area contributed by atoms with Crippen LogP contribution in [0.15, 0.2) is 36.4 Å². The number of rotatable bonds is 2. The molecule has 0 bridgehead atoms. The van der Waals surface area contributed by atoms with E-state index in [1.807, 2.05) is 48.0 Å². The van der Waals surface area contributed by atoms with Crippen LogP contribution >= 0.6 is 12.2 Å². The fourth-order valence-electron chi connectivity index (χ4n) is 1.77. The maximum absolute atomic E-state index is 9.10. The minimum atomic E-state index is 0.657. The average molecular weight is 270 g/mol. The number of benzene rings is 1. The summed E-state index contributed by atoms with van der Waals surface area (Å²) in [6.07, 6.45) is 0.750. The van der Waals surface area contributed by atoms with Gasteiger partial charge >= 0.3 is 0 Å². The van der Waals surface area contributed by atoms with Gasteiger partial charge in [0.25, 0.3) is 0 Å². The lowest BCUT2D eigenvalue weighted by atomic mass is 10.1. The van der Waals surface area contributed by atoms with Gasteiger partial charge in [-0.1, -0.05) is 42.5 Å². The smallest absolute Gasteiger partial charge is 0.101 e. The molecule has 4 nitrogen and oxygen atoms in total. The molecule has 0 aliphatic heterocycles. The third-order valence-electron chi connectivity index (χ3n) is 2.56. The van der Waals surface area contributed by atoms with E-state index in [-0.39, 0.29) is 0 Å². The Labute approximate surface area is 117 Å². The molecule has 0 unspecified atom stereocenters. The zero-order valence-corrected chi connectivity index (χ0v) is 11.3. The SMILES string of the molecule is Cn1c(C=S)cc(C#N)c1-c1ccccc1.N=CN. The van der Waals surface area contributed by atoms with Crippen LogP contribution in [0.1, 0.15) is 11.3 Å². The molecule has 5 heteroatoms. The fourth-order valence-corrected chi connectivity index (χ4v) is 1.99. The van der Waals surface area contributed by atoms with Crippen LogP contribution in [0, 0.1) is 16.7 Å². The Bertz CT molecular complexity index is 608. The number of nitrogens with zero attached hydrogens (tertiary/aromatic N) is 2. The van der Waals surface area contributed by atoms with E-state index in [9.17, 15) is 0 Å². The lowest BCUT2D eigenvalue weighted by Crippen LogP contribution is -1.96. The largest absolute Gasteiger partial charge is 0.390 e. The molecule has 0 saturated carbocycles. The Morgan fingerprint density at radius 1 is 1.37 bits per heavy atom. The Kier molecular flexibility index (Phi) is 5.45. The van der Waals surface area contributed by atoms with Crippen LogP contribution in [0.5, 0.6) is 0 Å². The van der Waals surface area contributed by atoms with Crippen molar-refractivity contribution in [1.29, 1.82) is 10.7 Å². The zero-order valence-electron chi connectivity index (χ0n) is 10.5. The topological polar surface area (TPSA) is 78.6 Å². The molecule has 19 heavy (non-hydrogen) atoms. The van der Waals surface area contributed by atoms with E-state index in [0.29, 0.717) is 5.56 Å². The van der Waals surface area contributed by atoms with E-state index in [0.717, 1.165) is 23.3 Å². The second-order valence-electron chi connectivity index (χ2n) is 3.65. The Balaban J connectivity index is 0.000000550. The molecule has 0 aliphatic rings. The van der Waals surface area contributed by atoms with E-state index in [1.54, 1.807) is 5.37 Å². The van der Waals surface area contributed by atoms with Crippen molar-refractivity contribution in [1.82, 2.24) is 4.57 Å². The van der Waals surface area contributed by atoms with Crippen LogP contribution in [0.4, 0.5) is 0 Å². The first-order valence-electron chi connectivity index (χ1n) is 5.50. The molecule has 2 rings (SSSR count). The molecule has 0 amide bonds. The summed E-state index contributed by atoms with van der Waals surface area (Å²) in [7, 11) is 1.92. The molecule has 96 valence electrons. The maximum atomic E-state index is 9.10. The molecule has 1 heterocycles. The van der Waals surface area contributed by atoms with E-state index < -0.39 is 0 Å². The highest BCUT2D eigenvalue weighted by atomic mass is 32.1. The summed E-state index contributed by atoms with van der Waals surface area (Å²) in [4.78, 5) is 0. The van der Waals surface area contributed by atoms with Crippen LogP contribution in [0.3, 0.4) is 0 Å². The standard InChI is InChI=1S/C13H10N2S.CH4N2/c1-15-12(9-16)7-11(8-14)13(15)10-5-3-2-4-6-10;2-1-3/h2-7,9H,1H3;1H,(H3,2,3). The van der Waals surface area contributed by atoms with Gasteiger partial charge in [-0.25, -0.2) is 0 Å². The summed E-state index contributed by atoms with van der Waals surface area (Å²) < 4.78 is 1.95. The molecule has 0 aliphatic carbocycles. The number of nitriles is 1. The number of nitrogens with one attached hydrogen (secondary N) is 1. The zero-order chi connectivity index (χ0) is 14.3. The summed E-state index contributed by atoms with van der Waals surface area (Å²) in [5.41, 5.74) is 7.87. The predicted octanol–water partition coefficient (Wildman–Crippen LogP) is 2.46. The van der Waals surface area contributed by atoms with Crippen molar-refractivity contribution in [3.8, 4) is 17.3 Å². The average Bonchev–Trinajstić information content (AvgIpc) is 2.77. The van der Waals surface area contributed by atoms with E-state index in [4.69, 9.17) is 22.9 Å². The molecule has 0 atom stereocenters. The van der Waals surface area contributed by atoms with Crippen molar-refractivity contribution in [2.75, 3.05) is 0 Å². The molecule has 0 spiro atoms. The van der Waals surface area contributed by atoms with Crippen molar-refractivity contribution in [3.63, 3.8) is 0 Å². The van der Waals surface area contributed by atoms with Gasteiger partial charge in [-0.2, -0.15) is 5.26 Å². The number of thiocarbonyl (C=S) groups is 1. The Morgan fingerprint density at radius 2 is 1.95 bits per heavy atom. The highest BCUT2D eigenvalue weighted by molar-refractivity contribution is 7.79. The van der Waals surface area contributed by atoms with Crippen LogP contribution < -0.4 is 5.73 Å². The molecule has 0 saturated heterocycles. The summed E-state index contributed by atoms with van der Waals surface area (Å²) >= 11 is 4.92. The van der Waals surface area contributed by atoms with Crippen LogP contribution in [-0.4, -0.2) is 16.3 Å². The predicted molar refractivity (Wildman–Crippen MR) is 81.3 cm³/mol. The van der Waals surface area contributed by atoms with E-state index in [1.165, 1.54) is 0 Å². The van der Waals surface area contributed by atoms with Gasteiger partial charge in [-0.3, -0.25) is 5.41 Å². The molecule has 1 aromatic heterocycles. The minimum Gasteiger partial charge on any atom is -0.390 e. The first-order chi connectivity index (χ1) is 9.19. The van der Waals surface area contributed by atoms with Crippen molar-refractivity contribution < 1.29 is 0 Å². The molecule has 2 aromatic rings. The summed E-state index contributed by atoms with van der Waals surface area (Å²) in [5, 5.41) is 16.6. The minimum absolute atomic E-state index is 0.657. The second-order valence-corrected chi connectivity index (χ2v) is 3.89. The van der Waals surface area contributed by atoms with Gasteiger partial charge in [-0.15, -0.1) is 0 Å². The molecule has 0 radical (unpaired) electrons. The third kappa shape index (κ3) is 3.27. The lowest BCUT2D eigenvalue weighted by molar-refractivity contribution is 0.929. The van der Waals surface area contributed by atoms with Crippen LogP contribution in [0.2, 0.25) is 0 Å². The van der Waals surface area contributed by atoms with Gasteiger partial charge in [0.15, 0.2) is 0 Å². The summed E-state index contributed by atoms with van der Waals surface area (Å²) in [6, 6.07) is 13.9. The Morgan fingerprint density at radius 3 is 2.42 bits per heavy atom. The Hall–Kier alpha value is -2.45. The van der Waals surface area contributed by atoms with Gasteiger partial charge < -0.3 is 10.3 Å². The highest BCUT2D eigenvalue weighted by Crippen LogP contribution is 2.25. The molecular weight excluding hydrogens is 256 g/mol. The van der Waals surface area contributed by atoms with Crippen molar-refractivity contribution in [2.45, 2.75) is 0 Å². The molecular formula is C14H14N4S. The number of hydrogen-bond donors (Lipinski definition) is 2. The first-order valence-corrected chi connectivity index (χ1v) is 5.97. The second kappa shape index (κ2) is 7.09. The molecule has 0 fully saturated rings. The van der Waals surface area contributed by atoms with Crippen molar-refractivity contribution >= 4 is 23.9 Å². The van der Waals surface area contributed by atoms with Gasteiger partial charge in [0.05, 0.1) is 23.3 Å². The highest BCUT2D eigenvalue weighted by Gasteiger charge is 2.12. The van der Waals surface area contributed by atoms with Crippen LogP contribution in [0.25, 0.3) is 11.3 Å². The van der Waals surface area contributed by atoms with Crippen molar-refractivity contribution in [3.05, 3.63) is 47.7 Å². The van der Waals surface area contributed by atoms with Gasteiger partial charge in [0.2, 0.25) is 0 Å². The monoisotopic (exact) mass is 270 g/mol. The number of nitrogens with two attached hydrogens (primary N) is 1. The summed E-state index contributed by atoms with van der Waals surface area (Å²) in [6.45, 7) is 0. The normalized spacial score (nSPS) is 8.84. The maximum Gasteiger partial charge on any atom is 0.101 e. The van der Waals surface area contributed by atoms with E-state index in [2.05, 4.69) is 11.8 Å². The number of hydrogen-bond acceptors (Lipinski definition) is 3. The van der Waals surface area contributed by atoms with Gasteiger partial charge in [-0.05, 0) is 11.6 Å². The van der Waals surface area contributed by atoms with Crippen molar-refractivity contribution in [2.24, 2.45) is 12.8 Å². The first kappa shape index (κ1) is 14.6. The van der Waals surface area contributed by atoms with E-state index >= 15 is 0 Å². The molecule has 3 N–H and O–H groups in total. The lowest BCUT2D eigenvalue weighted by Gasteiger charge is -2.05. The molecule has 1 aromatic carbocycles. The third-order valence-corrected chi connectivity index (χ3v) is 2.80. The van der Waals surface area contributed by atoms with Gasteiger partial charge in [0.1, 0.15) is 6.07 Å². The van der Waals surface area contributed by atoms with Crippen LogP contribution in [-0.2, 0) is 7.05 Å². The summed E-state index contributed by atoms with van der Waals surface area (Å²) in [5.74, 6) is 0. The van der Waals surface area contributed by atoms with Gasteiger partial charge in [0, 0.05) is 12.4 Å². The number of aromatic nitrogens is 1. The fraction of sp³-hybridized carbons (Fsp3) is 0.0714. The quantitative estimate of drug-likeness (QED) is 0.500.